The van der Waals surface area contributed by atoms with Crippen LogP contribution in [0.2, 0.25) is 0 Å². The molecule has 0 saturated carbocycles. The first-order chi connectivity index (χ1) is 9.41. The maximum absolute atomic E-state index is 13.6. The zero-order valence-corrected chi connectivity index (χ0v) is 12.6. The standard InChI is InChI=1S/C16H25FN2O/c1-12(7-6-8-13(2)18)16(20)19(3)11-14-9-4-5-10-15(14)17/h4-5,9-10,12-13H,6-8,11,18H2,1-3H3. The van der Waals surface area contributed by atoms with Crippen molar-refractivity contribution in [2.75, 3.05) is 7.05 Å². The predicted molar refractivity (Wildman–Crippen MR) is 79.5 cm³/mol. The van der Waals surface area contributed by atoms with Crippen LogP contribution >= 0.6 is 0 Å². The van der Waals surface area contributed by atoms with Gasteiger partial charge in [0.2, 0.25) is 5.91 Å². The van der Waals surface area contributed by atoms with Gasteiger partial charge in [-0.1, -0.05) is 31.5 Å². The van der Waals surface area contributed by atoms with Gasteiger partial charge in [0.1, 0.15) is 5.82 Å². The number of rotatable bonds is 7. The Hall–Kier alpha value is -1.42. The Morgan fingerprint density at radius 3 is 2.55 bits per heavy atom. The second-order valence-corrected chi connectivity index (χ2v) is 5.59. The number of nitrogens with two attached hydrogens (primary N) is 1. The lowest BCUT2D eigenvalue weighted by Crippen LogP contribution is -2.31. The maximum atomic E-state index is 13.6. The molecule has 0 fully saturated rings. The van der Waals surface area contributed by atoms with Crippen LogP contribution in [0.1, 0.15) is 38.7 Å². The van der Waals surface area contributed by atoms with Gasteiger partial charge in [-0.05, 0) is 25.8 Å². The molecule has 20 heavy (non-hydrogen) atoms. The first kappa shape index (κ1) is 16.6. The summed E-state index contributed by atoms with van der Waals surface area (Å²) in [5.41, 5.74) is 6.24. The van der Waals surface area contributed by atoms with Crippen molar-refractivity contribution in [3.63, 3.8) is 0 Å². The molecule has 0 spiro atoms. The van der Waals surface area contributed by atoms with Crippen LogP contribution in [0.4, 0.5) is 4.39 Å². The number of amides is 1. The van der Waals surface area contributed by atoms with Crippen LogP contribution < -0.4 is 5.73 Å². The van der Waals surface area contributed by atoms with E-state index >= 15 is 0 Å². The van der Waals surface area contributed by atoms with Gasteiger partial charge >= 0.3 is 0 Å². The number of benzene rings is 1. The highest BCUT2D eigenvalue weighted by atomic mass is 19.1. The van der Waals surface area contributed by atoms with Crippen LogP contribution in [-0.2, 0) is 11.3 Å². The highest BCUT2D eigenvalue weighted by Crippen LogP contribution is 2.15. The maximum Gasteiger partial charge on any atom is 0.225 e. The first-order valence-corrected chi connectivity index (χ1v) is 7.15. The SMILES string of the molecule is CC(N)CCCC(C)C(=O)N(C)Cc1ccccc1F. The number of halogens is 1. The number of carbonyl (C=O) groups excluding carboxylic acids is 1. The lowest BCUT2D eigenvalue weighted by atomic mass is 10.0. The van der Waals surface area contributed by atoms with Crippen LogP contribution in [0.3, 0.4) is 0 Å². The largest absolute Gasteiger partial charge is 0.341 e. The summed E-state index contributed by atoms with van der Waals surface area (Å²) in [5.74, 6) is -0.264. The minimum absolute atomic E-state index is 0.0504. The smallest absolute Gasteiger partial charge is 0.225 e. The van der Waals surface area contributed by atoms with Crippen molar-refractivity contribution in [2.45, 2.75) is 45.7 Å². The molecule has 0 heterocycles. The van der Waals surface area contributed by atoms with Crippen molar-refractivity contribution in [3.05, 3.63) is 35.6 Å². The fourth-order valence-corrected chi connectivity index (χ4v) is 2.21. The molecule has 1 rings (SSSR count). The summed E-state index contributed by atoms with van der Waals surface area (Å²) in [6.07, 6.45) is 2.69. The second-order valence-electron chi connectivity index (χ2n) is 5.59. The molecule has 4 heteroatoms. The van der Waals surface area contributed by atoms with Gasteiger partial charge in [-0.15, -0.1) is 0 Å². The van der Waals surface area contributed by atoms with Crippen molar-refractivity contribution in [1.82, 2.24) is 4.90 Å². The summed E-state index contributed by atoms with van der Waals surface area (Å²) in [6, 6.07) is 6.73. The number of carbonyl (C=O) groups is 1. The van der Waals surface area contributed by atoms with E-state index in [-0.39, 0.29) is 23.7 Å². The molecule has 0 bridgehead atoms. The van der Waals surface area contributed by atoms with E-state index in [1.807, 2.05) is 13.8 Å². The fraction of sp³-hybridized carbons (Fsp3) is 0.562. The molecule has 0 aliphatic heterocycles. The third kappa shape index (κ3) is 5.29. The van der Waals surface area contributed by atoms with Gasteiger partial charge in [0.05, 0.1) is 0 Å². The Morgan fingerprint density at radius 1 is 1.30 bits per heavy atom. The molecule has 1 amide bonds. The Morgan fingerprint density at radius 2 is 1.95 bits per heavy atom. The lowest BCUT2D eigenvalue weighted by Gasteiger charge is -2.22. The van der Waals surface area contributed by atoms with Gasteiger partial charge in [-0.2, -0.15) is 0 Å². The number of hydrogen-bond donors (Lipinski definition) is 1. The molecule has 3 nitrogen and oxygen atoms in total. The van der Waals surface area contributed by atoms with Gasteiger partial charge in [0.25, 0.3) is 0 Å². The summed E-state index contributed by atoms with van der Waals surface area (Å²) >= 11 is 0. The fourth-order valence-electron chi connectivity index (χ4n) is 2.21. The molecule has 0 aliphatic rings. The van der Waals surface area contributed by atoms with E-state index in [0.717, 1.165) is 19.3 Å². The van der Waals surface area contributed by atoms with Crippen LogP contribution in [0, 0.1) is 11.7 Å². The average molecular weight is 280 g/mol. The van der Waals surface area contributed by atoms with E-state index in [9.17, 15) is 9.18 Å². The van der Waals surface area contributed by atoms with Crippen LogP contribution in [0.5, 0.6) is 0 Å². The summed E-state index contributed by atoms with van der Waals surface area (Å²) < 4.78 is 13.6. The summed E-state index contributed by atoms with van der Waals surface area (Å²) in [5, 5.41) is 0. The molecule has 0 radical (unpaired) electrons. The normalized spacial score (nSPS) is 13.8. The lowest BCUT2D eigenvalue weighted by molar-refractivity contribution is -0.134. The van der Waals surface area contributed by atoms with E-state index in [0.29, 0.717) is 12.1 Å². The molecular formula is C16H25FN2O. The monoisotopic (exact) mass is 280 g/mol. The highest BCUT2D eigenvalue weighted by Gasteiger charge is 2.18. The van der Waals surface area contributed by atoms with Crippen molar-refractivity contribution < 1.29 is 9.18 Å². The molecule has 1 aromatic carbocycles. The van der Waals surface area contributed by atoms with Gasteiger partial charge in [-0.25, -0.2) is 4.39 Å². The van der Waals surface area contributed by atoms with E-state index < -0.39 is 0 Å². The Balaban J connectivity index is 2.48. The van der Waals surface area contributed by atoms with Gasteiger partial charge in [0, 0.05) is 31.1 Å². The molecule has 0 aromatic heterocycles. The van der Waals surface area contributed by atoms with Crippen molar-refractivity contribution in [3.8, 4) is 0 Å². The summed E-state index contributed by atoms with van der Waals surface area (Å²) in [4.78, 5) is 13.8. The van der Waals surface area contributed by atoms with E-state index in [4.69, 9.17) is 5.73 Å². The van der Waals surface area contributed by atoms with E-state index in [2.05, 4.69) is 0 Å². The average Bonchev–Trinajstić information content (AvgIpc) is 2.39. The molecule has 0 aliphatic carbocycles. The Bertz CT molecular complexity index is 434. The minimum atomic E-state index is -0.267. The molecule has 0 saturated heterocycles. The molecular weight excluding hydrogens is 255 g/mol. The van der Waals surface area contributed by atoms with Crippen LogP contribution in [-0.4, -0.2) is 23.9 Å². The summed E-state index contributed by atoms with van der Waals surface area (Å²) in [7, 11) is 1.72. The first-order valence-electron chi connectivity index (χ1n) is 7.15. The highest BCUT2D eigenvalue weighted by molar-refractivity contribution is 5.78. The minimum Gasteiger partial charge on any atom is -0.341 e. The summed E-state index contributed by atoms with van der Waals surface area (Å²) in [6.45, 7) is 4.20. The van der Waals surface area contributed by atoms with Crippen LogP contribution in [0.15, 0.2) is 24.3 Å². The molecule has 2 atom stereocenters. The van der Waals surface area contributed by atoms with Gasteiger partial charge < -0.3 is 10.6 Å². The second kappa shape index (κ2) is 8.00. The van der Waals surface area contributed by atoms with E-state index in [1.54, 1.807) is 30.1 Å². The van der Waals surface area contributed by atoms with Gasteiger partial charge in [-0.3, -0.25) is 4.79 Å². The number of hydrogen-bond acceptors (Lipinski definition) is 2. The van der Waals surface area contributed by atoms with Crippen molar-refractivity contribution >= 4 is 5.91 Å². The molecule has 2 N–H and O–H groups in total. The van der Waals surface area contributed by atoms with Gasteiger partial charge in [0.15, 0.2) is 0 Å². The molecule has 112 valence electrons. The zero-order valence-electron chi connectivity index (χ0n) is 12.6. The number of nitrogens with zero attached hydrogens (tertiary/aromatic N) is 1. The quantitative estimate of drug-likeness (QED) is 0.834. The van der Waals surface area contributed by atoms with Crippen molar-refractivity contribution in [1.29, 1.82) is 0 Å². The topological polar surface area (TPSA) is 46.3 Å². The third-order valence-electron chi connectivity index (χ3n) is 3.46. The van der Waals surface area contributed by atoms with E-state index in [1.165, 1.54) is 6.07 Å². The van der Waals surface area contributed by atoms with Crippen molar-refractivity contribution in [2.24, 2.45) is 11.7 Å². The molecule has 2 unspecified atom stereocenters. The predicted octanol–water partition coefficient (Wildman–Crippen LogP) is 2.94. The van der Waals surface area contributed by atoms with Crippen LogP contribution in [0.25, 0.3) is 0 Å². The third-order valence-corrected chi connectivity index (χ3v) is 3.46. The Labute approximate surface area is 121 Å². The molecule has 1 aromatic rings. The zero-order chi connectivity index (χ0) is 15.1. The Kier molecular flexibility index (Phi) is 6.65.